The number of hydrogen-bond donors (Lipinski definition) is 1. The number of rotatable bonds is 5. The molecule has 1 aromatic heterocycles. The summed E-state index contributed by atoms with van der Waals surface area (Å²) in [5, 5.41) is 9.80. The van der Waals surface area contributed by atoms with E-state index < -0.39 is 7.04 Å². The Morgan fingerprint density at radius 1 is 1.18 bits per heavy atom. The van der Waals surface area contributed by atoms with Crippen molar-refractivity contribution in [1.29, 1.82) is 0 Å². The molecular formula is C18H18O4. The average molecular weight is 301 g/mol. The third-order valence-corrected chi connectivity index (χ3v) is 3.37. The van der Waals surface area contributed by atoms with Crippen LogP contribution in [0.5, 0.6) is 11.5 Å². The standard InChI is InChI=1S/C18H18O4/c1-12-7-14-9-16(22-18(14)17(8-12)20-2)11-21-15-5-3-13(10-19)4-6-15/h3-9,19H,10-11H2,1-2H3/i2D3. The number of methoxy groups -OCH3 is 1. The largest absolute Gasteiger partial charge is 0.493 e. The van der Waals surface area contributed by atoms with E-state index in [1.165, 1.54) is 0 Å². The smallest absolute Gasteiger partial charge is 0.176 e. The summed E-state index contributed by atoms with van der Waals surface area (Å²) in [5.74, 6) is 1.39. The summed E-state index contributed by atoms with van der Waals surface area (Å²) >= 11 is 0. The number of ether oxygens (including phenoxy) is 2. The Balaban J connectivity index is 1.81. The van der Waals surface area contributed by atoms with Gasteiger partial charge in [-0.25, -0.2) is 0 Å². The van der Waals surface area contributed by atoms with E-state index >= 15 is 0 Å². The fourth-order valence-corrected chi connectivity index (χ4v) is 2.31. The molecule has 4 nitrogen and oxygen atoms in total. The highest BCUT2D eigenvalue weighted by molar-refractivity contribution is 5.84. The van der Waals surface area contributed by atoms with Crippen LogP contribution in [-0.4, -0.2) is 12.1 Å². The molecule has 3 rings (SSSR count). The summed E-state index contributed by atoms with van der Waals surface area (Å²) in [5.41, 5.74) is 2.06. The zero-order valence-corrected chi connectivity index (χ0v) is 12.1. The van der Waals surface area contributed by atoms with E-state index in [0.717, 1.165) is 16.5 Å². The summed E-state index contributed by atoms with van der Waals surface area (Å²) in [6.07, 6.45) is 0. The van der Waals surface area contributed by atoms with E-state index in [0.29, 0.717) is 17.1 Å². The van der Waals surface area contributed by atoms with Crippen LogP contribution in [0.2, 0.25) is 0 Å². The van der Waals surface area contributed by atoms with Crippen LogP contribution in [0.3, 0.4) is 0 Å². The first kappa shape index (κ1) is 11.2. The van der Waals surface area contributed by atoms with Gasteiger partial charge in [0.25, 0.3) is 0 Å². The number of furan rings is 1. The Morgan fingerprint density at radius 3 is 2.73 bits per heavy atom. The molecule has 114 valence electrons. The molecule has 0 atom stereocenters. The maximum absolute atomic E-state index is 9.04. The highest BCUT2D eigenvalue weighted by atomic mass is 16.5. The Labute approximate surface area is 133 Å². The summed E-state index contributed by atoms with van der Waals surface area (Å²) in [6.45, 7) is 2.03. The number of aryl methyl sites for hydroxylation is 1. The quantitative estimate of drug-likeness (QED) is 0.778. The van der Waals surface area contributed by atoms with Gasteiger partial charge in [0.15, 0.2) is 11.3 Å². The van der Waals surface area contributed by atoms with Crippen LogP contribution >= 0.6 is 0 Å². The van der Waals surface area contributed by atoms with E-state index in [2.05, 4.69) is 0 Å². The number of aliphatic hydroxyl groups is 1. The molecule has 0 bridgehead atoms. The third-order valence-electron chi connectivity index (χ3n) is 3.37. The van der Waals surface area contributed by atoms with Crippen LogP contribution in [0.25, 0.3) is 11.0 Å². The molecule has 0 radical (unpaired) electrons. The summed E-state index contributed by atoms with van der Waals surface area (Å²) < 4.78 is 38.3. The zero-order chi connectivity index (χ0) is 18.0. The molecule has 0 aliphatic rings. The lowest BCUT2D eigenvalue weighted by Gasteiger charge is -2.04. The van der Waals surface area contributed by atoms with Crippen LogP contribution < -0.4 is 9.47 Å². The Kier molecular flexibility index (Phi) is 3.10. The summed E-state index contributed by atoms with van der Waals surface area (Å²) in [4.78, 5) is 0. The van der Waals surface area contributed by atoms with Crippen molar-refractivity contribution < 1.29 is 23.1 Å². The van der Waals surface area contributed by atoms with Gasteiger partial charge in [-0.05, 0) is 48.4 Å². The maximum atomic E-state index is 9.04. The van der Waals surface area contributed by atoms with Crippen molar-refractivity contribution in [3.05, 3.63) is 59.4 Å². The van der Waals surface area contributed by atoms with Crippen molar-refractivity contribution in [3.63, 3.8) is 0 Å². The first-order valence-corrected chi connectivity index (χ1v) is 6.89. The molecule has 22 heavy (non-hydrogen) atoms. The average Bonchev–Trinajstić information content (AvgIpc) is 2.95. The highest BCUT2D eigenvalue weighted by Gasteiger charge is 2.10. The molecule has 0 aliphatic heterocycles. The van der Waals surface area contributed by atoms with E-state index in [9.17, 15) is 0 Å². The number of hydrogen-bond acceptors (Lipinski definition) is 4. The second-order valence-corrected chi connectivity index (χ2v) is 5.09. The van der Waals surface area contributed by atoms with Crippen molar-refractivity contribution in [2.24, 2.45) is 0 Å². The topological polar surface area (TPSA) is 51.8 Å². The minimum absolute atomic E-state index is 0.0184. The van der Waals surface area contributed by atoms with Crippen molar-refractivity contribution in [2.45, 2.75) is 20.1 Å². The highest BCUT2D eigenvalue weighted by Crippen LogP contribution is 2.30. The van der Waals surface area contributed by atoms with Gasteiger partial charge in [-0.2, -0.15) is 0 Å². The molecule has 1 N–H and O–H groups in total. The van der Waals surface area contributed by atoms with Gasteiger partial charge in [-0.3, -0.25) is 0 Å². The summed E-state index contributed by atoms with van der Waals surface area (Å²) in [7, 11) is -2.54. The van der Waals surface area contributed by atoms with E-state index in [1.54, 1.807) is 36.4 Å². The van der Waals surface area contributed by atoms with E-state index in [-0.39, 0.29) is 19.0 Å². The van der Waals surface area contributed by atoms with Crippen molar-refractivity contribution in [2.75, 3.05) is 7.04 Å². The van der Waals surface area contributed by atoms with Crippen molar-refractivity contribution >= 4 is 11.0 Å². The molecule has 3 aromatic rings. The van der Waals surface area contributed by atoms with Gasteiger partial charge >= 0.3 is 0 Å². The maximum Gasteiger partial charge on any atom is 0.176 e. The Hall–Kier alpha value is -2.46. The van der Waals surface area contributed by atoms with Crippen molar-refractivity contribution in [3.8, 4) is 11.5 Å². The minimum Gasteiger partial charge on any atom is -0.493 e. The Morgan fingerprint density at radius 2 is 2.00 bits per heavy atom. The van der Waals surface area contributed by atoms with Gasteiger partial charge in [0, 0.05) is 5.39 Å². The SMILES string of the molecule is [2H]C([2H])([2H])Oc1cc(C)cc2cc(COc3ccc(CO)cc3)oc12. The fourth-order valence-electron chi connectivity index (χ4n) is 2.31. The molecule has 0 spiro atoms. The van der Waals surface area contributed by atoms with Gasteiger partial charge in [0.2, 0.25) is 0 Å². The van der Waals surface area contributed by atoms with Crippen LogP contribution in [0, 0.1) is 6.92 Å². The third kappa shape index (κ3) is 2.92. The van der Waals surface area contributed by atoms with E-state index in [1.807, 2.05) is 13.0 Å². The minimum atomic E-state index is -2.54. The van der Waals surface area contributed by atoms with Crippen molar-refractivity contribution in [1.82, 2.24) is 0 Å². The fraction of sp³-hybridized carbons (Fsp3) is 0.222. The molecule has 0 fully saturated rings. The normalized spacial score (nSPS) is 13.5. The first-order chi connectivity index (χ1) is 11.8. The molecular weight excluding hydrogens is 280 g/mol. The predicted octanol–water partition coefficient (Wildman–Crippen LogP) is 3.82. The monoisotopic (exact) mass is 301 g/mol. The lowest BCUT2D eigenvalue weighted by atomic mass is 10.1. The molecule has 0 unspecified atom stereocenters. The van der Waals surface area contributed by atoms with Gasteiger partial charge < -0.3 is 19.0 Å². The number of aliphatic hydroxyl groups excluding tert-OH is 1. The number of benzene rings is 2. The molecule has 0 aliphatic carbocycles. The van der Waals surface area contributed by atoms with Gasteiger partial charge in [0.1, 0.15) is 18.1 Å². The number of fused-ring (bicyclic) bond motifs is 1. The van der Waals surface area contributed by atoms with E-state index in [4.69, 9.17) is 23.1 Å². The predicted molar refractivity (Wildman–Crippen MR) is 84.2 cm³/mol. The first-order valence-electron chi connectivity index (χ1n) is 8.39. The second-order valence-electron chi connectivity index (χ2n) is 5.09. The van der Waals surface area contributed by atoms with Crippen LogP contribution in [0.4, 0.5) is 0 Å². The molecule has 0 saturated carbocycles. The van der Waals surface area contributed by atoms with Crippen LogP contribution in [0.1, 0.15) is 21.0 Å². The lowest BCUT2D eigenvalue weighted by molar-refractivity contribution is 0.271. The second kappa shape index (κ2) is 6.12. The molecule has 0 saturated heterocycles. The summed E-state index contributed by atoms with van der Waals surface area (Å²) in [6, 6.07) is 12.4. The zero-order valence-electron chi connectivity index (χ0n) is 15.1. The molecule has 1 heterocycles. The van der Waals surface area contributed by atoms with Gasteiger partial charge in [0.05, 0.1) is 17.8 Å². The lowest BCUT2D eigenvalue weighted by Crippen LogP contribution is -1.93. The van der Waals surface area contributed by atoms with Gasteiger partial charge in [-0.15, -0.1) is 0 Å². The van der Waals surface area contributed by atoms with Crippen LogP contribution in [0.15, 0.2) is 46.9 Å². The molecule has 4 heteroatoms. The molecule has 2 aromatic carbocycles. The van der Waals surface area contributed by atoms with Crippen LogP contribution in [-0.2, 0) is 13.2 Å². The molecule has 0 amide bonds. The van der Waals surface area contributed by atoms with Gasteiger partial charge in [-0.1, -0.05) is 12.1 Å². The Bertz CT molecular complexity index is 866.